The maximum absolute atomic E-state index is 13.1. The maximum atomic E-state index is 13.1. The van der Waals surface area contributed by atoms with E-state index in [0.29, 0.717) is 12.1 Å². The fourth-order valence-electron chi connectivity index (χ4n) is 2.72. The summed E-state index contributed by atoms with van der Waals surface area (Å²) in [5.41, 5.74) is 3.18. The number of aryl methyl sites for hydroxylation is 1. The third kappa shape index (κ3) is 3.63. The molecule has 136 valence electrons. The Labute approximate surface area is 167 Å². The Hall–Kier alpha value is -2.58. The van der Waals surface area contributed by atoms with Gasteiger partial charge in [0.05, 0.1) is 17.8 Å². The van der Waals surface area contributed by atoms with Crippen LogP contribution in [0.1, 0.15) is 20.9 Å². The van der Waals surface area contributed by atoms with E-state index in [2.05, 4.69) is 31.2 Å². The molecule has 3 aromatic heterocycles. The fourth-order valence-corrected chi connectivity index (χ4v) is 4.12. The van der Waals surface area contributed by atoms with E-state index in [1.165, 1.54) is 29.7 Å². The van der Waals surface area contributed by atoms with Crippen LogP contribution >= 0.6 is 27.3 Å². The predicted molar refractivity (Wildman–Crippen MR) is 106 cm³/mol. The monoisotopic (exact) mass is 444 g/mol. The number of carbonyl (C=O) groups excluding carboxylic acids is 1. The van der Waals surface area contributed by atoms with Gasteiger partial charge >= 0.3 is 0 Å². The van der Waals surface area contributed by atoms with Crippen molar-refractivity contribution in [2.75, 3.05) is 0 Å². The molecule has 0 spiro atoms. The van der Waals surface area contributed by atoms with E-state index >= 15 is 0 Å². The molecule has 0 fully saturated rings. The Balaban J connectivity index is 1.53. The van der Waals surface area contributed by atoms with E-state index < -0.39 is 0 Å². The molecule has 0 radical (unpaired) electrons. The third-order valence-electron chi connectivity index (χ3n) is 4.17. The number of imidazole rings is 1. The second kappa shape index (κ2) is 7.21. The van der Waals surface area contributed by atoms with Crippen molar-refractivity contribution in [2.24, 2.45) is 0 Å². The minimum atomic E-state index is -0.269. The summed E-state index contributed by atoms with van der Waals surface area (Å²) in [4.78, 5) is 22.8. The van der Waals surface area contributed by atoms with Crippen LogP contribution in [0, 0.1) is 12.7 Å². The Morgan fingerprint density at radius 2 is 2.07 bits per heavy atom. The summed E-state index contributed by atoms with van der Waals surface area (Å²) in [5.74, 6) is -0.448. The number of fused-ring (bicyclic) bond motifs is 1. The number of amides is 1. The van der Waals surface area contributed by atoms with Gasteiger partial charge in [0.2, 0.25) is 0 Å². The van der Waals surface area contributed by atoms with Crippen molar-refractivity contribution < 1.29 is 9.18 Å². The first-order valence-corrected chi connectivity index (χ1v) is 9.74. The first-order chi connectivity index (χ1) is 13.0. The van der Waals surface area contributed by atoms with Crippen LogP contribution in [0.4, 0.5) is 4.39 Å². The molecular weight excluding hydrogens is 431 g/mol. The van der Waals surface area contributed by atoms with Gasteiger partial charge in [0.1, 0.15) is 5.82 Å². The molecule has 27 heavy (non-hydrogen) atoms. The number of hydrogen-bond donors (Lipinski definition) is 1. The van der Waals surface area contributed by atoms with Crippen LogP contribution in [0.5, 0.6) is 0 Å². The highest BCUT2D eigenvalue weighted by molar-refractivity contribution is 9.10. The predicted octanol–water partition coefficient (Wildman–Crippen LogP) is 4.60. The molecule has 5 nitrogen and oxygen atoms in total. The second-order valence-corrected chi connectivity index (χ2v) is 7.95. The summed E-state index contributed by atoms with van der Waals surface area (Å²) in [6.45, 7) is 2.40. The van der Waals surface area contributed by atoms with Crippen LogP contribution in [0.3, 0.4) is 0 Å². The van der Waals surface area contributed by atoms with Gasteiger partial charge in [-0.25, -0.2) is 9.37 Å². The molecule has 0 saturated heterocycles. The number of pyridine rings is 1. The number of benzene rings is 1. The average Bonchev–Trinajstić information content (AvgIpc) is 3.20. The number of aromatic nitrogens is 3. The average molecular weight is 445 g/mol. The van der Waals surface area contributed by atoms with E-state index in [0.717, 1.165) is 31.3 Å². The summed E-state index contributed by atoms with van der Waals surface area (Å²) in [5, 5.41) is 2.91. The number of thiazole rings is 1. The molecule has 0 saturated carbocycles. The molecule has 0 aliphatic carbocycles. The topological polar surface area (TPSA) is 59.3 Å². The maximum Gasteiger partial charge on any atom is 0.253 e. The SMILES string of the molecule is Cc1c(CNC(=O)c2cncc(Br)c2)sc2nc(-c3ccc(F)cc3)cn12. The van der Waals surface area contributed by atoms with Gasteiger partial charge in [-0.15, -0.1) is 0 Å². The van der Waals surface area contributed by atoms with Crippen molar-refractivity contribution >= 4 is 38.1 Å². The van der Waals surface area contributed by atoms with Gasteiger partial charge in [-0.05, 0) is 53.2 Å². The summed E-state index contributed by atoms with van der Waals surface area (Å²) in [6.07, 6.45) is 5.09. The summed E-state index contributed by atoms with van der Waals surface area (Å²) in [6, 6.07) is 8.00. The highest BCUT2D eigenvalue weighted by Crippen LogP contribution is 2.27. The van der Waals surface area contributed by atoms with Gasteiger partial charge in [0.15, 0.2) is 4.96 Å². The zero-order valence-electron chi connectivity index (χ0n) is 14.2. The van der Waals surface area contributed by atoms with Crippen molar-refractivity contribution in [3.63, 3.8) is 0 Å². The smallest absolute Gasteiger partial charge is 0.253 e. The lowest BCUT2D eigenvalue weighted by Crippen LogP contribution is -2.22. The fraction of sp³-hybridized carbons (Fsp3) is 0.105. The van der Waals surface area contributed by atoms with E-state index in [1.54, 1.807) is 24.4 Å². The van der Waals surface area contributed by atoms with Crippen molar-refractivity contribution in [1.82, 2.24) is 19.7 Å². The number of halogens is 2. The number of rotatable bonds is 4. The van der Waals surface area contributed by atoms with Crippen LogP contribution in [-0.2, 0) is 6.54 Å². The molecule has 0 atom stereocenters. The lowest BCUT2D eigenvalue weighted by molar-refractivity contribution is 0.0951. The van der Waals surface area contributed by atoms with Crippen LogP contribution in [0.25, 0.3) is 16.2 Å². The van der Waals surface area contributed by atoms with E-state index in [4.69, 9.17) is 0 Å². The molecule has 1 amide bonds. The normalized spacial score (nSPS) is 11.1. The summed E-state index contributed by atoms with van der Waals surface area (Å²) < 4.78 is 15.8. The molecule has 4 aromatic rings. The lowest BCUT2D eigenvalue weighted by atomic mass is 10.2. The lowest BCUT2D eigenvalue weighted by Gasteiger charge is -2.04. The molecule has 0 aliphatic heterocycles. The standard InChI is InChI=1S/C19H14BrFN4OS/c1-11-17(9-23-18(26)13-6-14(20)8-22-7-13)27-19-24-16(10-25(11)19)12-2-4-15(21)5-3-12/h2-8,10H,9H2,1H3,(H,23,26). The van der Waals surface area contributed by atoms with Gasteiger partial charge in [0.25, 0.3) is 5.91 Å². The zero-order valence-corrected chi connectivity index (χ0v) is 16.6. The largest absolute Gasteiger partial charge is 0.347 e. The Morgan fingerprint density at radius 1 is 1.30 bits per heavy atom. The van der Waals surface area contributed by atoms with Gasteiger partial charge in [-0.3, -0.25) is 14.2 Å². The highest BCUT2D eigenvalue weighted by Gasteiger charge is 2.14. The zero-order chi connectivity index (χ0) is 19.0. The molecule has 1 aromatic carbocycles. The Bertz CT molecular complexity index is 1140. The van der Waals surface area contributed by atoms with Crippen molar-refractivity contribution in [2.45, 2.75) is 13.5 Å². The van der Waals surface area contributed by atoms with Gasteiger partial charge in [-0.1, -0.05) is 11.3 Å². The molecule has 1 N–H and O–H groups in total. The second-order valence-electron chi connectivity index (χ2n) is 5.97. The van der Waals surface area contributed by atoms with Crippen LogP contribution in [-0.4, -0.2) is 20.3 Å². The quantitative estimate of drug-likeness (QED) is 0.500. The number of hydrogen-bond acceptors (Lipinski definition) is 4. The van der Waals surface area contributed by atoms with Crippen LogP contribution < -0.4 is 5.32 Å². The number of nitrogens with one attached hydrogen (secondary N) is 1. The number of nitrogens with zero attached hydrogens (tertiary/aromatic N) is 3. The van der Waals surface area contributed by atoms with Crippen molar-refractivity contribution in [3.05, 3.63) is 75.3 Å². The van der Waals surface area contributed by atoms with Gasteiger partial charge < -0.3 is 5.32 Å². The molecule has 8 heteroatoms. The molecule has 3 heterocycles. The van der Waals surface area contributed by atoms with E-state index in [9.17, 15) is 9.18 Å². The first kappa shape index (κ1) is 17.8. The summed E-state index contributed by atoms with van der Waals surface area (Å²) >= 11 is 4.83. The molecule has 0 unspecified atom stereocenters. The van der Waals surface area contributed by atoms with E-state index in [1.807, 2.05) is 17.5 Å². The molecule has 0 aliphatic rings. The van der Waals surface area contributed by atoms with E-state index in [-0.39, 0.29) is 11.7 Å². The molecule has 0 bridgehead atoms. The molecular formula is C19H14BrFN4OS. The van der Waals surface area contributed by atoms with Gasteiger partial charge in [-0.2, -0.15) is 0 Å². The van der Waals surface area contributed by atoms with Gasteiger partial charge in [0, 0.05) is 39.2 Å². The molecule has 4 rings (SSSR count). The number of carbonyl (C=O) groups is 1. The first-order valence-electron chi connectivity index (χ1n) is 8.13. The summed E-state index contributed by atoms with van der Waals surface area (Å²) in [7, 11) is 0. The minimum absolute atomic E-state index is 0.179. The highest BCUT2D eigenvalue weighted by atomic mass is 79.9. The Morgan fingerprint density at radius 3 is 2.78 bits per heavy atom. The van der Waals surface area contributed by atoms with Crippen molar-refractivity contribution in [1.29, 1.82) is 0 Å². The van der Waals surface area contributed by atoms with Crippen LogP contribution in [0.15, 0.2) is 53.4 Å². The Kier molecular flexibility index (Phi) is 4.75. The van der Waals surface area contributed by atoms with Crippen molar-refractivity contribution in [3.8, 4) is 11.3 Å². The van der Waals surface area contributed by atoms with Crippen LogP contribution in [0.2, 0.25) is 0 Å². The third-order valence-corrected chi connectivity index (χ3v) is 5.76. The minimum Gasteiger partial charge on any atom is -0.347 e.